The van der Waals surface area contributed by atoms with Crippen LogP contribution in [0.3, 0.4) is 0 Å². The molecule has 2 rings (SSSR count). The first-order chi connectivity index (χ1) is 8.93. The molecule has 1 heterocycles. The second-order valence-corrected chi connectivity index (χ2v) is 6.44. The van der Waals surface area contributed by atoms with E-state index in [1.807, 2.05) is 0 Å². The SMILES string of the molecule is CNC1(C)CCN(C(C)c2cc(C)cc(C)c2)CC1. The van der Waals surface area contributed by atoms with E-state index >= 15 is 0 Å². The van der Waals surface area contributed by atoms with Gasteiger partial charge in [-0.25, -0.2) is 0 Å². The molecule has 0 radical (unpaired) electrons. The van der Waals surface area contributed by atoms with Crippen molar-refractivity contribution in [3.8, 4) is 0 Å². The number of benzene rings is 1. The summed E-state index contributed by atoms with van der Waals surface area (Å²) >= 11 is 0. The van der Waals surface area contributed by atoms with Gasteiger partial charge in [0.25, 0.3) is 0 Å². The van der Waals surface area contributed by atoms with Crippen molar-refractivity contribution < 1.29 is 0 Å². The first-order valence-corrected chi connectivity index (χ1v) is 7.45. The number of hydrogen-bond acceptors (Lipinski definition) is 2. The zero-order valence-corrected chi connectivity index (χ0v) is 13.1. The van der Waals surface area contributed by atoms with Gasteiger partial charge in [-0.05, 0) is 53.1 Å². The highest BCUT2D eigenvalue weighted by molar-refractivity contribution is 5.30. The fourth-order valence-electron chi connectivity index (χ4n) is 3.12. The number of hydrogen-bond donors (Lipinski definition) is 1. The minimum absolute atomic E-state index is 0.332. The van der Waals surface area contributed by atoms with E-state index in [0.717, 1.165) is 0 Å². The maximum atomic E-state index is 3.47. The van der Waals surface area contributed by atoms with Crippen LogP contribution in [0.15, 0.2) is 18.2 Å². The van der Waals surface area contributed by atoms with Crippen LogP contribution in [0, 0.1) is 13.8 Å². The molecule has 19 heavy (non-hydrogen) atoms. The van der Waals surface area contributed by atoms with E-state index in [0.29, 0.717) is 11.6 Å². The van der Waals surface area contributed by atoms with Gasteiger partial charge in [-0.2, -0.15) is 0 Å². The van der Waals surface area contributed by atoms with Crippen LogP contribution in [0.2, 0.25) is 0 Å². The number of nitrogens with zero attached hydrogens (tertiary/aromatic N) is 1. The predicted octanol–water partition coefficient (Wildman–Crippen LogP) is 3.44. The lowest BCUT2D eigenvalue weighted by Gasteiger charge is -2.42. The van der Waals surface area contributed by atoms with E-state index in [1.165, 1.54) is 42.6 Å². The molecule has 106 valence electrons. The maximum absolute atomic E-state index is 3.47. The van der Waals surface area contributed by atoms with Crippen molar-refractivity contribution in [2.45, 2.75) is 52.1 Å². The van der Waals surface area contributed by atoms with Crippen LogP contribution in [0.25, 0.3) is 0 Å². The average Bonchev–Trinajstić information content (AvgIpc) is 2.38. The van der Waals surface area contributed by atoms with E-state index in [2.05, 4.69) is 63.2 Å². The predicted molar refractivity (Wildman–Crippen MR) is 82.6 cm³/mol. The van der Waals surface area contributed by atoms with Gasteiger partial charge in [0, 0.05) is 24.7 Å². The first-order valence-electron chi connectivity index (χ1n) is 7.45. The van der Waals surface area contributed by atoms with Crippen molar-refractivity contribution in [3.63, 3.8) is 0 Å². The highest BCUT2D eigenvalue weighted by Gasteiger charge is 2.30. The molecule has 1 unspecified atom stereocenters. The van der Waals surface area contributed by atoms with Gasteiger partial charge >= 0.3 is 0 Å². The van der Waals surface area contributed by atoms with E-state index in [1.54, 1.807) is 0 Å². The molecule has 1 aromatic rings. The fraction of sp³-hybridized carbons (Fsp3) is 0.647. The van der Waals surface area contributed by atoms with Crippen molar-refractivity contribution >= 4 is 0 Å². The number of rotatable bonds is 3. The van der Waals surface area contributed by atoms with Gasteiger partial charge in [0.1, 0.15) is 0 Å². The van der Waals surface area contributed by atoms with Crippen molar-refractivity contribution in [2.75, 3.05) is 20.1 Å². The molecule has 0 bridgehead atoms. The molecule has 1 N–H and O–H groups in total. The zero-order valence-electron chi connectivity index (χ0n) is 13.1. The van der Waals surface area contributed by atoms with Crippen LogP contribution in [0.4, 0.5) is 0 Å². The summed E-state index contributed by atoms with van der Waals surface area (Å²) in [6.07, 6.45) is 2.47. The Labute approximate surface area is 118 Å². The van der Waals surface area contributed by atoms with Crippen molar-refractivity contribution in [2.24, 2.45) is 0 Å². The lowest BCUT2D eigenvalue weighted by atomic mass is 9.88. The molecule has 0 spiro atoms. The number of likely N-dealkylation sites (tertiary alicyclic amines) is 1. The summed E-state index contributed by atoms with van der Waals surface area (Å²) in [7, 11) is 2.09. The third kappa shape index (κ3) is 3.37. The first kappa shape index (κ1) is 14.5. The summed E-state index contributed by atoms with van der Waals surface area (Å²) in [5, 5.41) is 3.47. The van der Waals surface area contributed by atoms with E-state index < -0.39 is 0 Å². The molecule has 0 aliphatic carbocycles. The molecule has 1 atom stereocenters. The summed E-state index contributed by atoms with van der Waals surface area (Å²) in [4.78, 5) is 2.62. The molecule has 0 saturated carbocycles. The molecular weight excluding hydrogens is 232 g/mol. The molecule has 2 nitrogen and oxygen atoms in total. The maximum Gasteiger partial charge on any atom is 0.0320 e. The molecule has 0 amide bonds. The van der Waals surface area contributed by atoms with Gasteiger partial charge < -0.3 is 5.32 Å². The molecule has 1 fully saturated rings. The Morgan fingerprint density at radius 3 is 2.11 bits per heavy atom. The molecule has 1 saturated heterocycles. The smallest absolute Gasteiger partial charge is 0.0320 e. The van der Waals surface area contributed by atoms with Gasteiger partial charge in [0.15, 0.2) is 0 Å². The summed E-state index contributed by atoms with van der Waals surface area (Å²) in [5.41, 5.74) is 4.54. The van der Waals surface area contributed by atoms with Gasteiger partial charge in [-0.3, -0.25) is 4.90 Å². The van der Waals surface area contributed by atoms with Crippen LogP contribution in [0.5, 0.6) is 0 Å². The minimum Gasteiger partial charge on any atom is -0.314 e. The molecule has 1 aliphatic rings. The Hall–Kier alpha value is -0.860. The molecular formula is C17H28N2. The lowest BCUT2D eigenvalue weighted by Crippen LogP contribution is -2.50. The Morgan fingerprint density at radius 2 is 1.63 bits per heavy atom. The van der Waals surface area contributed by atoms with Gasteiger partial charge in [-0.15, -0.1) is 0 Å². The van der Waals surface area contributed by atoms with Crippen molar-refractivity contribution in [1.82, 2.24) is 10.2 Å². The highest BCUT2D eigenvalue weighted by Crippen LogP contribution is 2.29. The number of nitrogens with one attached hydrogen (secondary N) is 1. The summed E-state index contributed by atoms with van der Waals surface area (Å²) < 4.78 is 0. The number of aryl methyl sites for hydroxylation is 2. The van der Waals surface area contributed by atoms with Crippen LogP contribution < -0.4 is 5.32 Å². The summed E-state index contributed by atoms with van der Waals surface area (Å²) in [6, 6.07) is 7.46. The standard InChI is InChI=1S/C17H28N2/c1-13-10-14(2)12-16(11-13)15(3)19-8-6-17(4,18-5)7-9-19/h10-12,15,18H,6-9H2,1-5H3. The highest BCUT2D eigenvalue weighted by atomic mass is 15.2. The minimum atomic E-state index is 0.332. The van der Waals surface area contributed by atoms with E-state index in [4.69, 9.17) is 0 Å². The molecule has 2 heteroatoms. The van der Waals surface area contributed by atoms with Gasteiger partial charge in [-0.1, -0.05) is 29.3 Å². The Bertz CT molecular complexity index is 411. The topological polar surface area (TPSA) is 15.3 Å². The average molecular weight is 260 g/mol. The Morgan fingerprint density at radius 1 is 1.11 bits per heavy atom. The Balaban J connectivity index is 2.07. The second kappa shape index (κ2) is 5.64. The summed E-state index contributed by atoms with van der Waals surface area (Å²) in [5.74, 6) is 0. The molecule has 0 aromatic heterocycles. The largest absolute Gasteiger partial charge is 0.314 e. The van der Waals surface area contributed by atoms with E-state index in [-0.39, 0.29) is 0 Å². The zero-order chi connectivity index (χ0) is 14.0. The van der Waals surface area contributed by atoms with Crippen LogP contribution in [-0.4, -0.2) is 30.6 Å². The Kier molecular flexibility index (Phi) is 4.32. The van der Waals surface area contributed by atoms with Crippen LogP contribution in [0.1, 0.15) is 49.4 Å². The molecule has 1 aliphatic heterocycles. The van der Waals surface area contributed by atoms with Gasteiger partial charge in [0.2, 0.25) is 0 Å². The number of piperidine rings is 1. The second-order valence-electron chi connectivity index (χ2n) is 6.44. The summed E-state index contributed by atoms with van der Waals surface area (Å²) in [6.45, 7) is 11.4. The fourth-order valence-corrected chi connectivity index (χ4v) is 3.12. The lowest BCUT2D eigenvalue weighted by molar-refractivity contribution is 0.117. The monoisotopic (exact) mass is 260 g/mol. The van der Waals surface area contributed by atoms with Crippen molar-refractivity contribution in [3.05, 3.63) is 34.9 Å². The van der Waals surface area contributed by atoms with Crippen LogP contribution in [-0.2, 0) is 0 Å². The molecule has 1 aromatic carbocycles. The quantitative estimate of drug-likeness (QED) is 0.895. The van der Waals surface area contributed by atoms with Crippen molar-refractivity contribution in [1.29, 1.82) is 0 Å². The third-order valence-corrected chi connectivity index (χ3v) is 4.78. The van der Waals surface area contributed by atoms with E-state index in [9.17, 15) is 0 Å². The third-order valence-electron chi connectivity index (χ3n) is 4.78. The van der Waals surface area contributed by atoms with Crippen LogP contribution >= 0.6 is 0 Å². The normalized spacial score (nSPS) is 21.3. The van der Waals surface area contributed by atoms with Gasteiger partial charge in [0.05, 0.1) is 0 Å².